The van der Waals surface area contributed by atoms with Crippen molar-refractivity contribution in [1.82, 2.24) is 4.98 Å². The monoisotopic (exact) mass is 273 g/mol. The zero-order valence-electron chi connectivity index (χ0n) is 9.58. The topological polar surface area (TPSA) is 60.5 Å². The summed E-state index contributed by atoms with van der Waals surface area (Å²) in [5.74, 6) is 0. The number of thiazole rings is 1. The molecule has 1 aromatic heterocycles. The lowest BCUT2D eigenvalue weighted by molar-refractivity contribution is -0.138. The highest BCUT2D eigenvalue weighted by atomic mass is 32.1. The molecular weight excluding hydrogens is 263 g/mol. The number of aryl methyl sites for hydroxylation is 1. The van der Waals surface area contributed by atoms with E-state index in [9.17, 15) is 13.2 Å². The standard InChI is InChI=1S/C11H10F3N3S/c1-8-17-5-9(18-8)4-10(6-15,7-16)2-3-11(12,13)14/h5H,2-4H2,1H3. The van der Waals surface area contributed by atoms with Crippen molar-refractivity contribution < 1.29 is 13.2 Å². The summed E-state index contributed by atoms with van der Waals surface area (Å²) in [5.41, 5.74) is -1.63. The Morgan fingerprint density at radius 1 is 1.28 bits per heavy atom. The highest BCUT2D eigenvalue weighted by molar-refractivity contribution is 7.11. The molecule has 0 aliphatic carbocycles. The molecule has 1 heterocycles. The summed E-state index contributed by atoms with van der Waals surface area (Å²) < 4.78 is 36.5. The SMILES string of the molecule is Cc1ncc(CC(C#N)(C#N)CCC(F)(F)F)s1. The Bertz CT molecular complexity index is 479. The van der Waals surface area contributed by atoms with Crippen LogP contribution in [-0.4, -0.2) is 11.2 Å². The Morgan fingerprint density at radius 3 is 2.28 bits per heavy atom. The van der Waals surface area contributed by atoms with Gasteiger partial charge in [-0.2, -0.15) is 23.7 Å². The molecule has 0 saturated heterocycles. The molecule has 7 heteroatoms. The number of hydrogen-bond donors (Lipinski definition) is 0. The molecule has 3 nitrogen and oxygen atoms in total. The fourth-order valence-corrected chi connectivity index (χ4v) is 2.35. The van der Waals surface area contributed by atoms with Crippen molar-refractivity contribution >= 4 is 11.3 Å². The van der Waals surface area contributed by atoms with Crippen molar-refractivity contribution in [3.63, 3.8) is 0 Å². The third-order valence-electron chi connectivity index (χ3n) is 2.41. The normalized spacial score (nSPS) is 11.9. The molecule has 0 radical (unpaired) electrons. The van der Waals surface area contributed by atoms with E-state index in [4.69, 9.17) is 10.5 Å². The zero-order chi connectivity index (χ0) is 13.8. The van der Waals surface area contributed by atoms with Gasteiger partial charge in [0.25, 0.3) is 0 Å². The first-order valence-electron chi connectivity index (χ1n) is 5.11. The average molecular weight is 273 g/mol. The Kier molecular flexibility index (Phi) is 4.31. The molecule has 0 aliphatic heterocycles. The highest BCUT2D eigenvalue weighted by Crippen LogP contribution is 2.34. The van der Waals surface area contributed by atoms with E-state index >= 15 is 0 Å². The third-order valence-corrected chi connectivity index (χ3v) is 3.32. The maximum atomic E-state index is 12.2. The van der Waals surface area contributed by atoms with Crippen LogP contribution < -0.4 is 0 Å². The van der Waals surface area contributed by atoms with Gasteiger partial charge >= 0.3 is 6.18 Å². The Labute approximate surface area is 106 Å². The van der Waals surface area contributed by atoms with Crippen molar-refractivity contribution in [3.05, 3.63) is 16.1 Å². The average Bonchev–Trinajstić information content (AvgIpc) is 2.69. The molecule has 18 heavy (non-hydrogen) atoms. The van der Waals surface area contributed by atoms with E-state index < -0.39 is 24.4 Å². The second-order valence-corrected chi connectivity index (χ2v) is 5.26. The van der Waals surface area contributed by atoms with Crippen molar-refractivity contribution in [3.8, 4) is 12.1 Å². The first kappa shape index (κ1) is 14.5. The summed E-state index contributed by atoms with van der Waals surface area (Å²) in [7, 11) is 0. The van der Waals surface area contributed by atoms with E-state index in [1.165, 1.54) is 17.5 Å². The van der Waals surface area contributed by atoms with Crippen LogP contribution in [0.25, 0.3) is 0 Å². The number of alkyl halides is 3. The van der Waals surface area contributed by atoms with Crippen LogP contribution >= 0.6 is 11.3 Å². The van der Waals surface area contributed by atoms with Gasteiger partial charge in [-0.3, -0.25) is 0 Å². The molecular formula is C11H10F3N3S. The minimum Gasteiger partial charge on any atom is -0.250 e. The van der Waals surface area contributed by atoms with Crippen LogP contribution in [-0.2, 0) is 6.42 Å². The van der Waals surface area contributed by atoms with Gasteiger partial charge in [0.05, 0.1) is 17.1 Å². The number of halogens is 3. The van der Waals surface area contributed by atoms with Gasteiger partial charge in [-0.1, -0.05) is 0 Å². The predicted octanol–water partition coefficient (Wildman–Crippen LogP) is 3.37. The van der Waals surface area contributed by atoms with Gasteiger partial charge < -0.3 is 0 Å². The lowest BCUT2D eigenvalue weighted by Crippen LogP contribution is -2.22. The summed E-state index contributed by atoms with van der Waals surface area (Å²) in [5, 5.41) is 18.7. The highest BCUT2D eigenvalue weighted by Gasteiger charge is 2.37. The van der Waals surface area contributed by atoms with Gasteiger partial charge in [-0.15, -0.1) is 11.3 Å². The molecule has 1 rings (SSSR count). The van der Waals surface area contributed by atoms with E-state index in [1.807, 2.05) is 0 Å². The van der Waals surface area contributed by atoms with Gasteiger partial charge in [-0.25, -0.2) is 4.98 Å². The Hall–Kier alpha value is -1.60. The summed E-state index contributed by atoms with van der Waals surface area (Å²) >= 11 is 1.28. The number of hydrogen-bond acceptors (Lipinski definition) is 4. The number of nitrogens with zero attached hydrogens (tertiary/aromatic N) is 3. The molecule has 96 valence electrons. The number of rotatable bonds is 4. The Balaban J connectivity index is 2.82. The van der Waals surface area contributed by atoms with E-state index in [2.05, 4.69) is 4.98 Å². The van der Waals surface area contributed by atoms with E-state index in [-0.39, 0.29) is 6.42 Å². The van der Waals surface area contributed by atoms with Crippen LogP contribution in [0.3, 0.4) is 0 Å². The van der Waals surface area contributed by atoms with Crippen LogP contribution in [0.2, 0.25) is 0 Å². The van der Waals surface area contributed by atoms with E-state index in [0.29, 0.717) is 4.88 Å². The lowest BCUT2D eigenvalue weighted by atomic mass is 9.82. The summed E-state index contributed by atoms with van der Waals surface area (Å²) in [6.45, 7) is 1.75. The quantitative estimate of drug-likeness (QED) is 0.845. The van der Waals surface area contributed by atoms with Gasteiger partial charge in [0.1, 0.15) is 5.41 Å². The van der Waals surface area contributed by atoms with Crippen molar-refractivity contribution in [2.45, 2.75) is 32.4 Å². The van der Waals surface area contributed by atoms with Gasteiger partial charge in [-0.05, 0) is 13.3 Å². The minimum atomic E-state index is -4.36. The summed E-state index contributed by atoms with van der Waals surface area (Å²) in [6, 6.07) is 3.43. The van der Waals surface area contributed by atoms with Crippen LogP contribution in [0.4, 0.5) is 13.2 Å². The van der Waals surface area contributed by atoms with Gasteiger partial charge in [0.2, 0.25) is 0 Å². The summed E-state index contributed by atoms with van der Waals surface area (Å²) in [4.78, 5) is 4.61. The number of aromatic nitrogens is 1. The minimum absolute atomic E-state index is 0.0123. The maximum absolute atomic E-state index is 12.2. The molecule has 1 aromatic rings. The third kappa shape index (κ3) is 4.01. The lowest BCUT2D eigenvalue weighted by Gasteiger charge is -2.18. The fraction of sp³-hybridized carbons (Fsp3) is 0.545. The first-order chi connectivity index (χ1) is 8.30. The predicted molar refractivity (Wildman–Crippen MR) is 59.5 cm³/mol. The maximum Gasteiger partial charge on any atom is 0.389 e. The van der Waals surface area contributed by atoms with E-state index in [1.54, 1.807) is 19.1 Å². The largest absolute Gasteiger partial charge is 0.389 e. The molecule has 0 spiro atoms. The summed E-state index contributed by atoms with van der Waals surface area (Å²) in [6.07, 6.45) is -4.52. The molecule has 0 N–H and O–H groups in total. The van der Waals surface area contributed by atoms with Crippen LogP contribution in [0.1, 0.15) is 22.7 Å². The van der Waals surface area contributed by atoms with Crippen LogP contribution in [0, 0.1) is 35.0 Å². The van der Waals surface area contributed by atoms with Gasteiger partial charge in [0, 0.05) is 23.9 Å². The molecule has 0 amide bonds. The van der Waals surface area contributed by atoms with Crippen LogP contribution in [0.5, 0.6) is 0 Å². The van der Waals surface area contributed by atoms with Crippen LogP contribution in [0.15, 0.2) is 6.20 Å². The van der Waals surface area contributed by atoms with Crippen molar-refractivity contribution in [2.24, 2.45) is 5.41 Å². The molecule has 0 bridgehead atoms. The Morgan fingerprint density at radius 2 is 1.89 bits per heavy atom. The van der Waals surface area contributed by atoms with Crippen molar-refractivity contribution in [1.29, 1.82) is 10.5 Å². The van der Waals surface area contributed by atoms with E-state index in [0.717, 1.165) is 5.01 Å². The molecule has 0 saturated carbocycles. The molecule has 0 atom stereocenters. The second kappa shape index (κ2) is 5.36. The first-order valence-corrected chi connectivity index (χ1v) is 5.92. The smallest absolute Gasteiger partial charge is 0.250 e. The van der Waals surface area contributed by atoms with Crippen molar-refractivity contribution in [2.75, 3.05) is 0 Å². The second-order valence-electron chi connectivity index (χ2n) is 3.94. The van der Waals surface area contributed by atoms with Gasteiger partial charge in [0.15, 0.2) is 0 Å². The molecule has 0 aliphatic rings. The molecule has 0 fully saturated rings. The zero-order valence-corrected chi connectivity index (χ0v) is 10.4. The fourth-order valence-electron chi connectivity index (χ4n) is 1.44. The molecule has 0 unspecified atom stereocenters. The molecule has 0 aromatic carbocycles. The number of nitriles is 2.